The molecule has 1 aliphatic heterocycles. The summed E-state index contributed by atoms with van der Waals surface area (Å²) in [7, 11) is 0. The van der Waals surface area contributed by atoms with E-state index in [4.69, 9.17) is 9.15 Å². The SMILES string of the molecule is CC(C)(C)OC(=O)NCC1CCCCN1CC(=O)c1ccco1. The van der Waals surface area contributed by atoms with Crippen molar-refractivity contribution in [2.45, 2.75) is 51.7 Å². The molecule has 0 radical (unpaired) electrons. The quantitative estimate of drug-likeness (QED) is 0.844. The van der Waals surface area contributed by atoms with Crippen molar-refractivity contribution >= 4 is 11.9 Å². The van der Waals surface area contributed by atoms with Crippen LogP contribution in [-0.2, 0) is 4.74 Å². The van der Waals surface area contributed by atoms with Gasteiger partial charge in [-0.2, -0.15) is 0 Å². The number of ketones is 1. The molecule has 1 fully saturated rings. The monoisotopic (exact) mass is 322 g/mol. The van der Waals surface area contributed by atoms with Gasteiger partial charge in [0.2, 0.25) is 5.78 Å². The lowest BCUT2D eigenvalue weighted by Crippen LogP contribution is -2.49. The second-order valence-electron chi connectivity index (χ2n) is 6.90. The highest BCUT2D eigenvalue weighted by molar-refractivity contribution is 5.95. The number of hydrogen-bond donors (Lipinski definition) is 1. The summed E-state index contributed by atoms with van der Waals surface area (Å²) in [5.74, 6) is 0.355. The van der Waals surface area contributed by atoms with Crippen LogP contribution in [0, 0.1) is 0 Å². The third-order valence-corrected chi connectivity index (χ3v) is 3.77. The molecule has 1 aromatic heterocycles. The largest absolute Gasteiger partial charge is 0.461 e. The molecule has 0 spiro atoms. The number of hydrogen-bond acceptors (Lipinski definition) is 5. The summed E-state index contributed by atoms with van der Waals surface area (Å²) in [5.41, 5.74) is -0.508. The maximum absolute atomic E-state index is 12.2. The number of Topliss-reactive ketones (excluding diaryl/α,β-unsaturated/α-hetero) is 1. The number of likely N-dealkylation sites (tertiary alicyclic amines) is 1. The van der Waals surface area contributed by atoms with Crippen molar-refractivity contribution in [1.82, 2.24) is 10.2 Å². The molecule has 1 atom stereocenters. The molecule has 1 N–H and O–H groups in total. The van der Waals surface area contributed by atoms with E-state index in [1.807, 2.05) is 20.8 Å². The van der Waals surface area contributed by atoms with Crippen LogP contribution in [0.3, 0.4) is 0 Å². The molecule has 0 aromatic carbocycles. The topological polar surface area (TPSA) is 71.8 Å². The van der Waals surface area contributed by atoms with Crippen molar-refractivity contribution in [1.29, 1.82) is 0 Å². The van der Waals surface area contributed by atoms with Gasteiger partial charge in [0.15, 0.2) is 5.76 Å². The number of piperidine rings is 1. The fourth-order valence-electron chi connectivity index (χ4n) is 2.71. The highest BCUT2D eigenvalue weighted by atomic mass is 16.6. The van der Waals surface area contributed by atoms with E-state index in [9.17, 15) is 9.59 Å². The predicted molar refractivity (Wildman–Crippen MR) is 86.5 cm³/mol. The molecule has 1 amide bonds. The maximum atomic E-state index is 12.2. The Kier molecular flexibility index (Phi) is 5.82. The number of amides is 1. The van der Waals surface area contributed by atoms with Crippen LogP contribution in [0.1, 0.15) is 50.6 Å². The normalized spacial score (nSPS) is 19.3. The average molecular weight is 322 g/mol. The molecule has 0 aliphatic carbocycles. The summed E-state index contributed by atoms with van der Waals surface area (Å²) in [4.78, 5) is 26.1. The first kappa shape index (κ1) is 17.5. The van der Waals surface area contributed by atoms with Crippen molar-refractivity contribution in [3.63, 3.8) is 0 Å². The lowest BCUT2D eigenvalue weighted by molar-refractivity contribution is 0.0494. The average Bonchev–Trinajstić information content (AvgIpc) is 2.99. The van der Waals surface area contributed by atoms with Crippen LogP contribution in [0.2, 0.25) is 0 Å². The van der Waals surface area contributed by atoms with Crippen LogP contribution in [0.5, 0.6) is 0 Å². The molecule has 6 heteroatoms. The van der Waals surface area contributed by atoms with Crippen LogP contribution < -0.4 is 5.32 Å². The van der Waals surface area contributed by atoms with E-state index in [-0.39, 0.29) is 11.8 Å². The second-order valence-corrected chi connectivity index (χ2v) is 6.90. The fraction of sp³-hybridized carbons (Fsp3) is 0.647. The van der Waals surface area contributed by atoms with Crippen molar-refractivity contribution in [3.8, 4) is 0 Å². The van der Waals surface area contributed by atoms with Crippen LogP contribution in [0.25, 0.3) is 0 Å². The van der Waals surface area contributed by atoms with Crippen molar-refractivity contribution in [2.24, 2.45) is 0 Å². The molecule has 1 unspecified atom stereocenters. The minimum absolute atomic E-state index is 0.0285. The molecule has 2 heterocycles. The smallest absolute Gasteiger partial charge is 0.407 e. The van der Waals surface area contributed by atoms with Crippen molar-refractivity contribution in [2.75, 3.05) is 19.6 Å². The van der Waals surface area contributed by atoms with E-state index in [2.05, 4.69) is 10.2 Å². The van der Waals surface area contributed by atoms with Gasteiger partial charge in [-0.05, 0) is 52.3 Å². The van der Waals surface area contributed by atoms with Gasteiger partial charge in [-0.15, -0.1) is 0 Å². The van der Waals surface area contributed by atoms with Gasteiger partial charge < -0.3 is 14.5 Å². The standard InChI is InChI=1S/C17H26N2O4/c1-17(2,3)23-16(21)18-11-13-7-4-5-9-19(13)12-14(20)15-8-6-10-22-15/h6,8,10,13H,4-5,7,9,11-12H2,1-3H3,(H,18,21). The van der Waals surface area contributed by atoms with E-state index < -0.39 is 11.7 Å². The highest BCUT2D eigenvalue weighted by Gasteiger charge is 2.26. The van der Waals surface area contributed by atoms with Crippen molar-refractivity contribution in [3.05, 3.63) is 24.2 Å². The van der Waals surface area contributed by atoms with Gasteiger partial charge in [-0.1, -0.05) is 6.42 Å². The Morgan fingerprint density at radius 1 is 1.39 bits per heavy atom. The Labute approximate surface area is 137 Å². The van der Waals surface area contributed by atoms with E-state index in [1.165, 1.54) is 6.26 Å². The number of rotatable bonds is 5. The van der Waals surface area contributed by atoms with Crippen molar-refractivity contribution < 1.29 is 18.7 Å². The first-order valence-corrected chi connectivity index (χ1v) is 8.13. The first-order valence-electron chi connectivity index (χ1n) is 8.13. The number of alkyl carbamates (subject to hydrolysis) is 1. The zero-order valence-corrected chi connectivity index (χ0v) is 14.1. The number of furan rings is 1. The van der Waals surface area contributed by atoms with E-state index in [1.54, 1.807) is 12.1 Å². The number of carbonyl (C=O) groups excluding carboxylic acids is 2. The molecule has 0 saturated carbocycles. The Balaban J connectivity index is 1.86. The zero-order chi connectivity index (χ0) is 16.9. The Morgan fingerprint density at radius 2 is 2.17 bits per heavy atom. The molecule has 1 aromatic rings. The lowest BCUT2D eigenvalue weighted by Gasteiger charge is -2.35. The first-order chi connectivity index (χ1) is 10.8. The number of nitrogens with one attached hydrogen (secondary N) is 1. The molecular formula is C17H26N2O4. The van der Waals surface area contributed by atoms with Crippen LogP contribution in [-0.4, -0.2) is 48.1 Å². The Morgan fingerprint density at radius 3 is 2.83 bits per heavy atom. The van der Waals surface area contributed by atoms with E-state index in [0.717, 1.165) is 25.8 Å². The summed E-state index contributed by atoms with van der Waals surface area (Å²) in [6, 6.07) is 3.54. The van der Waals surface area contributed by atoms with Gasteiger partial charge in [-0.3, -0.25) is 9.69 Å². The van der Waals surface area contributed by atoms with Gasteiger partial charge in [-0.25, -0.2) is 4.79 Å². The van der Waals surface area contributed by atoms with Gasteiger partial charge in [0.1, 0.15) is 5.60 Å². The molecule has 1 aliphatic rings. The summed E-state index contributed by atoms with van der Waals surface area (Å²) >= 11 is 0. The van der Waals surface area contributed by atoms with Gasteiger partial charge in [0.05, 0.1) is 12.8 Å². The summed E-state index contributed by atoms with van der Waals surface area (Å²) in [6.07, 6.45) is 4.22. The predicted octanol–water partition coefficient (Wildman–Crippen LogP) is 2.84. The van der Waals surface area contributed by atoms with Crippen LogP contribution >= 0.6 is 0 Å². The number of carbonyl (C=O) groups is 2. The molecule has 6 nitrogen and oxygen atoms in total. The molecule has 0 bridgehead atoms. The molecule has 128 valence electrons. The molecule has 2 rings (SSSR count). The summed E-state index contributed by atoms with van der Waals surface area (Å²) in [5, 5.41) is 2.81. The van der Waals surface area contributed by atoms with Crippen LogP contribution in [0.4, 0.5) is 4.79 Å². The summed E-state index contributed by atoms with van der Waals surface area (Å²) in [6.45, 7) is 7.16. The zero-order valence-electron chi connectivity index (χ0n) is 14.1. The highest BCUT2D eigenvalue weighted by Crippen LogP contribution is 2.17. The minimum atomic E-state index is -0.508. The lowest BCUT2D eigenvalue weighted by atomic mass is 10.0. The van der Waals surface area contributed by atoms with Gasteiger partial charge in [0, 0.05) is 12.6 Å². The molecule has 23 heavy (non-hydrogen) atoms. The molecule has 1 saturated heterocycles. The van der Waals surface area contributed by atoms with Gasteiger partial charge >= 0.3 is 6.09 Å². The number of nitrogens with zero attached hydrogens (tertiary/aromatic N) is 1. The third-order valence-electron chi connectivity index (χ3n) is 3.77. The Hall–Kier alpha value is -1.82. The molecular weight excluding hydrogens is 296 g/mol. The third kappa shape index (κ3) is 5.71. The summed E-state index contributed by atoms with van der Waals surface area (Å²) < 4.78 is 10.4. The van der Waals surface area contributed by atoms with Crippen LogP contribution in [0.15, 0.2) is 22.8 Å². The number of ether oxygens (including phenoxy) is 1. The second kappa shape index (κ2) is 7.64. The minimum Gasteiger partial charge on any atom is -0.461 e. The Bertz CT molecular complexity index is 519. The fourth-order valence-corrected chi connectivity index (χ4v) is 2.71. The van der Waals surface area contributed by atoms with Gasteiger partial charge in [0.25, 0.3) is 0 Å². The van der Waals surface area contributed by atoms with E-state index in [0.29, 0.717) is 18.8 Å². The van der Waals surface area contributed by atoms with E-state index >= 15 is 0 Å². The maximum Gasteiger partial charge on any atom is 0.407 e.